The van der Waals surface area contributed by atoms with Crippen molar-refractivity contribution in [3.05, 3.63) is 0 Å². The van der Waals surface area contributed by atoms with Gasteiger partial charge in [0.1, 0.15) is 0 Å². The summed E-state index contributed by atoms with van der Waals surface area (Å²) in [4.78, 5) is 0. The molecule has 0 aliphatic heterocycles. The average molecular weight is 447 g/mol. The Morgan fingerprint density at radius 2 is 1.09 bits per heavy atom. The Morgan fingerprint density at radius 3 is 1.76 bits per heavy atom. The Morgan fingerprint density at radius 1 is 0.515 bits per heavy atom. The Bertz CT molecular complexity index is 826. The topological polar surface area (TPSA) is 0 Å². The van der Waals surface area contributed by atoms with Crippen LogP contribution < -0.4 is 0 Å². The molecule has 0 aromatic carbocycles. The van der Waals surface area contributed by atoms with Crippen molar-refractivity contribution in [3.63, 3.8) is 0 Å². The maximum absolute atomic E-state index is 2.79. The van der Waals surface area contributed by atoms with Crippen molar-refractivity contribution in [2.45, 2.75) is 91.4 Å². The van der Waals surface area contributed by atoms with Crippen LogP contribution in [0.1, 0.15) is 91.4 Å². The molecule has 9 rings (SSSR count). The van der Waals surface area contributed by atoms with Gasteiger partial charge in [0.2, 0.25) is 0 Å². The van der Waals surface area contributed by atoms with E-state index in [9.17, 15) is 0 Å². The zero-order valence-corrected chi connectivity index (χ0v) is 21.7. The van der Waals surface area contributed by atoms with Gasteiger partial charge in [0.05, 0.1) is 0 Å². The van der Waals surface area contributed by atoms with E-state index in [0.29, 0.717) is 0 Å². The second-order valence-electron chi connectivity index (χ2n) is 15.9. The maximum atomic E-state index is 2.79. The van der Waals surface area contributed by atoms with Crippen molar-refractivity contribution in [2.75, 3.05) is 0 Å². The molecule has 0 aromatic heterocycles. The lowest BCUT2D eigenvalue weighted by molar-refractivity contribution is -0.0522. The summed E-state index contributed by atoms with van der Waals surface area (Å²) in [5.74, 6) is 22.1. The third-order valence-corrected chi connectivity index (χ3v) is 16.0. The van der Waals surface area contributed by atoms with Crippen LogP contribution in [0.2, 0.25) is 0 Å². The summed E-state index contributed by atoms with van der Waals surface area (Å²) in [6.45, 7) is 7.99. The first-order chi connectivity index (χ1) is 16.2. The van der Waals surface area contributed by atoms with Crippen LogP contribution in [0.3, 0.4) is 0 Å². The molecule has 0 amide bonds. The van der Waals surface area contributed by atoms with Crippen molar-refractivity contribution in [3.8, 4) is 0 Å². The molecule has 0 saturated heterocycles. The minimum Gasteiger partial charge on any atom is -0.0654 e. The predicted molar refractivity (Wildman–Crippen MR) is 134 cm³/mol. The quantitative estimate of drug-likeness (QED) is 0.382. The van der Waals surface area contributed by atoms with E-state index in [1.807, 2.05) is 0 Å². The highest BCUT2D eigenvalue weighted by Gasteiger charge is 2.73. The smallest absolute Gasteiger partial charge is 0.0318 e. The Labute approximate surface area is 203 Å². The minimum absolute atomic E-state index is 1.07. The number of hydrogen-bond donors (Lipinski definition) is 0. The first kappa shape index (κ1) is 20.1. The summed E-state index contributed by atoms with van der Waals surface area (Å²) in [7, 11) is 0. The van der Waals surface area contributed by atoms with Gasteiger partial charge in [0.15, 0.2) is 0 Å². The number of fused-ring (bicyclic) bond motifs is 21. The van der Waals surface area contributed by atoms with E-state index in [1.54, 1.807) is 57.8 Å². The monoisotopic (exact) mass is 446 g/mol. The van der Waals surface area contributed by atoms with Gasteiger partial charge in [-0.1, -0.05) is 46.5 Å². The standard InChI is InChI=1S/C33H50/c1-4-5-7-17-10-18-11-23(17)31-21-12-26(30(18)31)28(15(21)2)29-16(3)22-13-27(29)33-25-14-24(32(22)33)19-8-6-9-20(19)25/h15-33H,4-14H2,1-3H3. The van der Waals surface area contributed by atoms with Gasteiger partial charge in [-0.15, -0.1) is 0 Å². The van der Waals surface area contributed by atoms with Gasteiger partial charge in [0.25, 0.3) is 0 Å². The SMILES string of the molecule is CCCCC1CC2CC1C1C3CC(C21)C(C1C(C)C2CC1C1C4CC(C5CCCC54)C21)C3C. The molecule has 9 aliphatic rings. The lowest BCUT2D eigenvalue weighted by Gasteiger charge is -2.52. The fraction of sp³-hybridized carbons (Fsp3) is 1.00. The van der Waals surface area contributed by atoms with Crippen molar-refractivity contribution in [1.29, 1.82) is 0 Å². The molecular formula is C33H50. The number of rotatable bonds is 4. The molecule has 9 aliphatic carbocycles. The van der Waals surface area contributed by atoms with Gasteiger partial charge in [0, 0.05) is 0 Å². The lowest BCUT2D eigenvalue weighted by atomic mass is 9.52. The molecule has 182 valence electrons. The second kappa shape index (κ2) is 6.65. The van der Waals surface area contributed by atoms with Crippen molar-refractivity contribution < 1.29 is 0 Å². The maximum Gasteiger partial charge on any atom is -0.0318 e. The van der Waals surface area contributed by atoms with E-state index in [0.717, 1.165) is 53.3 Å². The van der Waals surface area contributed by atoms with Crippen LogP contribution in [-0.4, -0.2) is 0 Å². The second-order valence-corrected chi connectivity index (χ2v) is 15.9. The van der Waals surface area contributed by atoms with Gasteiger partial charge in [-0.05, 0) is 157 Å². The Hall–Kier alpha value is 0. The number of hydrogen-bond acceptors (Lipinski definition) is 0. The summed E-state index contributed by atoms with van der Waals surface area (Å²) in [6, 6.07) is 0. The zero-order chi connectivity index (χ0) is 21.7. The molecule has 8 bridgehead atoms. The number of unbranched alkanes of at least 4 members (excludes halogenated alkanes) is 1. The summed E-state index contributed by atoms with van der Waals surface area (Å²) < 4.78 is 0. The van der Waals surface area contributed by atoms with Crippen LogP contribution in [0, 0.1) is 112 Å². The highest BCUT2D eigenvalue weighted by Crippen LogP contribution is 2.79. The van der Waals surface area contributed by atoms with E-state index < -0.39 is 0 Å². The first-order valence-corrected chi connectivity index (χ1v) is 16.2. The lowest BCUT2D eigenvalue weighted by Crippen LogP contribution is -2.48. The van der Waals surface area contributed by atoms with Gasteiger partial charge in [-0.3, -0.25) is 0 Å². The average Bonchev–Trinajstić information content (AvgIpc) is 3.60. The summed E-state index contributed by atoms with van der Waals surface area (Å²) in [5.41, 5.74) is 0. The van der Waals surface area contributed by atoms with Crippen LogP contribution >= 0.6 is 0 Å². The molecule has 9 saturated carbocycles. The molecule has 0 spiro atoms. The van der Waals surface area contributed by atoms with E-state index in [1.165, 1.54) is 72.0 Å². The van der Waals surface area contributed by atoms with Crippen LogP contribution in [0.25, 0.3) is 0 Å². The highest BCUT2D eigenvalue weighted by atomic mass is 14.8. The van der Waals surface area contributed by atoms with Gasteiger partial charge < -0.3 is 0 Å². The summed E-state index contributed by atoms with van der Waals surface area (Å²) in [5, 5.41) is 0. The molecule has 9 fully saturated rings. The first-order valence-electron chi connectivity index (χ1n) is 16.2. The molecule has 19 unspecified atom stereocenters. The van der Waals surface area contributed by atoms with Crippen molar-refractivity contribution in [2.24, 2.45) is 112 Å². The summed E-state index contributed by atoms with van der Waals surface area (Å²) in [6.07, 6.45) is 17.7. The van der Waals surface area contributed by atoms with E-state index in [4.69, 9.17) is 0 Å². The molecule has 0 radical (unpaired) electrons. The fourth-order valence-electron chi connectivity index (χ4n) is 15.9. The third-order valence-electron chi connectivity index (χ3n) is 16.0. The van der Waals surface area contributed by atoms with Crippen molar-refractivity contribution >= 4 is 0 Å². The zero-order valence-electron chi connectivity index (χ0n) is 21.7. The predicted octanol–water partition coefficient (Wildman–Crippen LogP) is 8.17. The minimum atomic E-state index is 1.07. The normalized spacial score (nSPS) is 69.4. The molecule has 0 heteroatoms. The highest BCUT2D eigenvalue weighted by molar-refractivity contribution is 5.21. The van der Waals surface area contributed by atoms with E-state index >= 15 is 0 Å². The van der Waals surface area contributed by atoms with Crippen LogP contribution in [0.15, 0.2) is 0 Å². The third kappa shape index (κ3) is 2.22. The van der Waals surface area contributed by atoms with Crippen molar-refractivity contribution in [1.82, 2.24) is 0 Å². The van der Waals surface area contributed by atoms with Gasteiger partial charge in [-0.2, -0.15) is 0 Å². The van der Waals surface area contributed by atoms with Crippen LogP contribution in [0.4, 0.5) is 0 Å². The molecular weight excluding hydrogens is 396 g/mol. The molecule has 0 N–H and O–H groups in total. The van der Waals surface area contributed by atoms with Crippen LogP contribution in [-0.2, 0) is 0 Å². The molecule has 0 nitrogen and oxygen atoms in total. The molecule has 0 heterocycles. The largest absolute Gasteiger partial charge is 0.0654 e. The fourth-order valence-corrected chi connectivity index (χ4v) is 15.9. The summed E-state index contributed by atoms with van der Waals surface area (Å²) >= 11 is 0. The Balaban J connectivity index is 1.00. The van der Waals surface area contributed by atoms with Gasteiger partial charge in [-0.25, -0.2) is 0 Å². The molecule has 0 aromatic rings. The van der Waals surface area contributed by atoms with E-state index in [2.05, 4.69) is 20.8 Å². The molecule has 33 heavy (non-hydrogen) atoms. The van der Waals surface area contributed by atoms with E-state index in [-0.39, 0.29) is 0 Å². The Kier molecular flexibility index (Phi) is 4.05. The molecule has 19 atom stereocenters. The van der Waals surface area contributed by atoms with Gasteiger partial charge >= 0.3 is 0 Å². The van der Waals surface area contributed by atoms with Crippen LogP contribution in [0.5, 0.6) is 0 Å².